The number of rotatable bonds is 4. The largest absolute Gasteiger partial charge is 0.485 e. The topological polar surface area (TPSA) is 77.7 Å². The van der Waals surface area contributed by atoms with Crippen LogP contribution in [0.15, 0.2) is 33.9 Å². The Labute approximate surface area is 162 Å². The summed E-state index contributed by atoms with van der Waals surface area (Å²) in [6.45, 7) is 6.07. The van der Waals surface area contributed by atoms with E-state index < -0.39 is 6.10 Å². The highest BCUT2D eigenvalue weighted by molar-refractivity contribution is 8.00. The SMILES string of the molecule is CC1CCN(C(=O)C(C)Sc2nnc(C3COc4ccccc4O3)o2)CC1. The maximum Gasteiger partial charge on any atom is 0.277 e. The summed E-state index contributed by atoms with van der Waals surface area (Å²) < 4.78 is 17.3. The smallest absolute Gasteiger partial charge is 0.277 e. The Balaban J connectivity index is 1.36. The summed E-state index contributed by atoms with van der Waals surface area (Å²) in [7, 11) is 0. The molecule has 1 saturated heterocycles. The number of carbonyl (C=O) groups is 1. The van der Waals surface area contributed by atoms with Gasteiger partial charge in [-0.05, 0) is 37.8 Å². The van der Waals surface area contributed by atoms with Crippen molar-refractivity contribution in [3.63, 3.8) is 0 Å². The third-order valence-corrected chi connectivity index (χ3v) is 5.85. The van der Waals surface area contributed by atoms with Gasteiger partial charge in [-0.3, -0.25) is 4.79 Å². The molecule has 4 rings (SSSR count). The van der Waals surface area contributed by atoms with Crippen molar-refractivity contribution in [1.82, 2.24) is 15.1 Å². The van der Waals surface area contributed by atoms with Crippen LogP contribution in [0.4, 0.5) is 0 Å². The highest BCUT2D eigenvalue weighted by Crippen LogP contribution is 2.36. The van der Waals surface area contributed by atoms with Gasteiger partial charge in [0.05, 0.1) is 5.25 Å². The molecule has 1 aromatic carbocycles. The fourth-order valence-corrected chi connectivity index (χ4v) is 4.00. The zero-order valence-electron chi connectivity index (χ0n) is 15.5. The molecule has 1 fully saturated rings. The Morgan fingerprint density at radius 3 is 2.74 bits per heavy atom. The van der Waals surface area contributed by atoms with Gasteiger partial charge < -0.3 is 18.8 Å². The molecule has 3 heterocycles. The van der Waals surface area contributed by atoms with Crippen LogP contribution in [0.5, 0.6) is 11.5 Å². The van der Waals surface area contributed by atoms with Crippen LogP contribution in [-0.4, -0.2) is 46.0 Å². The minimum Gasteiger partial charge on any atom is -0.485 e. The molecular formula is C19H23N3O4S. The fourth-order valence-electron chi connectivity index (χ4n) is 3.23. The van der Waals surface area contributed by atoms with E-state index in [2.05, 4.69) is 17.1 Å². The number of fused-ring (bicyclic) bond motifs is 1. The highest BCUT2D eigenvalue weighted by Gasteiger charge is 2.29. The minimum absolute atomic E-state index is 0.123. The van der Waals surface area contributed by atoms with Crippen LogP contribution in [0.2, 0.25) is 0 Å². The van der Waals surface area contributed by atoms with Crippen LogP contribution in [0.1, 0.15) is 38.7 Å². The molecule has 2 aromatic rings. The zero-order chi connectivity index (χ0) is 18.8. The van der Waals surface area contributed by atoms with Crippen molar-refractivity contribution in [1.29, 1.82) is 0 Å². The van der Waals surface area contributed by atoms with Crippen molar-refractivity contribution >= 4 is 17.7 Å². The second-order valence-electron chi connectivity index (χ2n) is 7.04. The fraction of sp³-hybridized carbons (Fsp3) is 0.526. The molecule has 1 amide bonds. The molecule has 2 unspecified atom stereocenters. The molecule has 0 aliphatic carbocycles. The van der Waals surface area contributed by atoms with Crippen LogP contribution in [-0.2, 0) is 4.79 Å². The number of aromatic nitrogens is 2. The average molecular weight is 389 g/mol. The van der Waals surface area contributed by atoms with E-state index in [9.17, 15) is 4.79 Å². The van der Waals surface area contributed by atoms with Crippen molar-refractivity contribution in [3.05, 3.63) is 30.2 Å². The van der Waals surface area contributed by atoms with Crippen LogP contribution < -0.4 is 9.47 Å². The minimum atomic E-state index is -0.448. The lowest BCUT2D eigenvalue weighted by atomic mass is 9.99. The van der Waals surface area contributed by atoms with E-state index in [0.29, 0.717) is 35.1 Å². The van der Waals surface area contributed by atoms with Crippen LogP contribution in [0.25, 0.3) is 0 Å². The number of para-hydroxylation sites is 2. The number of ether oxygens (including phenoxy) is 2. The molecule has 144 valence electrons. The Bertz CT molecular complexity index is 804. The van der Waals surface area contributed by atoms with Gasteiger partial charge in [0.1, 0.15) is 6.61 Å². The number of hydrogen-bond donors (Lipinski definition) is 0. The second kappa shape index (κ2) is 7.80. The number of benzene rings is 1. The maximum atomic E-state index is 12.6. The first-order chi connectivity index (χ1) is 13.1. The van der Waals surface area contributed by atoms with Crippen LogP contribution in [0.3, 0.4) is 0 Å². The summed E-state index contributed by atoms with van der Waals surface area (Å²) >= 11 is 1.29. The lowest BCUT2D eigenvalue weighted by molar-refractivity contribution is -0.131. The van der Waals surface area contributed by atoms with E-state index >= 15 is 0 Å². The van der Waals surface area contributed by atoms with Gasteiger partial charge in [0.15, 0.2) is 11.5 Å². The Morgan fingerprint density at radius 2 is 1.96 bits per heavy atom. The van der Waals surface area contributed by atoms with Crippen molar-refractivity contribution in [2.75, 3.05) is 19.7 Å². The van der Waals surface area contributed by atoms with E-state index in [4.69, 9.17) is 13.9 Å². The van der Waals surface area contributed by atoms with Gasteiger partial charge in [-0.15, -0.1) is 10.2 Å². The summed E-state index contributed by atoms with van der Waals surface area (Å²) in [6.07, 6.45) is 1.68. The second-order valence-corrected chi connectivity index (χ2v) is 8.33. The van der Waals surface area contributed by atoms with Crippen molar-refractivity contribution in [2.24, 2.45) is 5.92 Å². The van der Waals surface area contributed by atoms with Gasteiger partial charge in [0, 0.05) is 13.1 Å². The Morgan fingerprint density at radius 1 is 1.22 bits per heavy atom. The number of amides is 1. The first kappa shape index (κ1) is 18.2. The number of thioether (sulfide) groups is 1. The third kappa shape index (κ3) is 4.05. The predicted molar refractivity (Wildman–Crippen MR) is 99.9 cm³/mol. The van der Waals surface area contributed by atoms with E-state index in [-0.39, 0.29) is 11.2 Å². The van der Waals surface area contributed by atoms with E-state index in [1.165, 1.54) is 11.8 Å². The summed E-state index contributed by atoms with van der Waals surface area (Å²) in [4.78, 5) is 14.6. The first-order valence-corrected chi connectivity index (χ1v) is 10.2. The summed E-state index contributed by atoms with van der Waals surface area (Å²) in [5.41, 5.74) is 0. The summed E-state index contributed by atoms with van der Waals surface area (Å²) in [5.74, 6) is 2.54. The molecule has 0 bridgehead atoms. The Hall–Kier alpha value is -2.22. The van der Waals surface area contributed by atoms with Gasteiger partial charge in [-0.25, -0.2) is 0 Å². The third-order valence-electron chi connectivity index (χ3n) is 4.93. The summed E-state index contributed by atoms with van der Waals surface area (Å²) in [6, 6.07) is 7.47. The number of likely N-dealkylation sites (tertiary alicyclic amines) is 1. The molecule has 8 heteroatoms. The van der Waals surface area contributed by atoms with Gasteiger partial charge in [0.25, 0.3) is 11.1 Å². The van der Waals surface area contributed by atoms with Gasteiger partial charge >= 0.3 is 0 Å². The summed E-state index contributed by atoms with van der Waals surface area (Å²) in [5, 5.41) is 8.25. The van der Waals surface area contributed by atoms with Crippen molar-refractivity contribution in [3.8, 4) is 11.5 Å². The molecule has 2 aliphatic rings. The molecule has 1 aromatic heterocycles. The molecule has 27 heavy (non-hydrogen) atoms. The van der Waals surface area contributed by atoms with Crippen LogP contribution >= 0.6 is 11.8 Å². The van der Waals surface area contributed by atoms with Gasteiger partial charge in [0.2, 0.25) is 12.0 Å². The maximum absolute atomic E-state index is 12.6. The standard InChI is InChI=1S/C19H23N3O4S/c1-12-7-9-22(10-8-12)18(23)13(2)27-19-21-20-17(26-19)16-11-24-14-5-3-4-6-15(14)25-16/h3-6,12-13,16H,7-11H2,1-2H3. The molecule has 2 atom stereocenters. The van der Waals surface area contributed by atoms with Crippen molar-refractivity contribution < 1.29 is 18.7 Å². The molecule has 2 aliphatic heterocycles. The number of piperidine rings is 1. The molecule has 0 saturated carbocycles. The Kier molecular flexibility index (Phi) is 5.24. The average Bonchev–Trinajstić information content (AvgIpc) is 3.16. The van der Waals surface area contributed by atoms with Crippen LogP contribution in [0, 0.1) is 5.92 Å². The number of carbonyl (C=O) groups excluding carboxylic acids is 1. The lowest BCUT2D eigenvalue weighted by Crippen LogP contribution is -2.41. The van der Waals surface area contributed by atoms with E-state index in [1.54, 1.807) is 0 Å². The van der Waals surface area contributed by atoms with Gasteiger partial charge in [-0.1, -0.05) is 30.8 Å². The lowest BCUT2D eigenvalue weighted by Gasteiger charge is -2.31. The normalized spacial score (nSPS) is 21.1. The molecule has 0 N–H and O–H groups in total. The number of hydrogen-bond acceptors (Lipinski definition) is 7. The highest BCUT2D eigenvalue weighted by atomic mass is 32.2. The van der Waals surface area contributed by atoms with Crippen molar-refractivity contribution in [2.45, 2.75) is 43.3 Å². The molecular weight excluding hydrogens is 366 g/mol. The monoisotopic (exact) mass is 389 g/mol. The first-order valence-electron chi connectivity index (χ1n) is 9.27. The molecule has 0 spiro atoms. The molecule has 7 nitrogen and oxygen atoms in total. The van der Waals surface area contributed by atoms with E-state index in [0.717, 1.165) is 25.9 Å². The molecule has 0 radical (unpaired) electrons. The number of nitrogens with zero attached hydrogens (tertiary/aromatic N) is 3. The predicted octanol–water partition coefficient (Wildman–Crippen LogP) is 3.32. The quantitative estimate of drug-likeness (QED) is 0.742. The van der Waals surface area contributed by atoms with Gasteiger partial charge in [-0.2, -0.15) is 0 Å². The van der Waals surface area contributed by atoms with E-state index in [1.807, 2.05) is 36.1 Å². The zero-order valence-corrected chi connectivity index (χ0v) is 16.3.